The summed E-state index contributed by atoms with van der Waals surface area (Å²) in [4.78, 5) is 15.4. The van der Waals surface area contributed by atoms with E-state index in [-0.39, 0.29) is 0 Å². The summed E-state index contributed by atoms with van der Waals surface area (Å²) in [5.74, 6) is 0.569. The Morgan fingerprint density at radius 1 is 1.53 bits per heavy atom. The molecule has 2 aromatic heterocycles. The maximum absolute atomic E-state index is 10.9. The molecule has 0 spiro atoms. The average Bonchev–Trinajstić information content (AvgIpc) is 2.97. The van der Waals surface area contributed by atoms with Crippen LogP contribution < -0.4 is 0 Å². The Kier molecular flexibility index (Phi) is 2.65. The Morgan fingerprint density at radius 2 is 2.47 bits per heavy atom. The molecule has 0 aromatic carbocycles. The van der Waals surface area contributed by atoms with Crippen molar-refractivity contribution in [3.05, 3.63) is 35.8 Å². The van der Waals surface area contributed by atoms with Crippen LogP contribution in [0.5, 0.6) is 0 Å². The molecule has 1 fully saturated rings. The minimum atomic E-state index is 0.569. The predicted octanol–water partition coefficient (Wildman–Crippen LogP) is 1.73. The lowest BCUT2D eigenvalue weighted by molar-refractivity contribution is 0.111. The number of hydrogen-bond donors (Lipinski definition) is 0. The van der Waals surface area contributed by atoms with Gasteiger partial charge < -0.3 is 4.74 Å². The van der Waals surface area contributed by atoms with Gasteiger partial charge in [0.05, 0.1) is 11.4 Å². The van der Waals surface area contributed by atoms with Crippen LogP contribution in [0.2, 0.25) is 0 Å². The number of pyridine rings is 1. The molecular weight excluding hydrogens is 216 g/mol. The van der Waals surface area contributed by atoms with Gasteiger partial charge >= 0.3 is 0 Å². The van der Waals surface area contributed by atoms with E-state index in [1.54, 1.807) is 6.07 Å². The number of rotatable bonds is 3. The second-order valence-corrected chi connectivity index (χ2v) is 4.46. The van der Waals surface area contributed by atoms with Gasteiger partial charge in [0.1, 0.15) is 5.65 Å². The highest BCUT2D eigenvalue weighted by atomic mass is 16.5. The molecule has 0 aliphatic carbocycles. The number of imidazole rings is 1. The summed E-state index contributed by atoms with van der Waals surface area (Å²) in [5.41, 5.74) is 2.52. The third-order valence-electron chi connectivity index (χ3n) is 3.22. The zero-order chi connectivity index (χ0) is 11.7. The van der Waals surface area contributed by atoms with Crippen LogP contribution in [0.25, 0.3) is 5.65 Å². The van der Waals surface area contributed by atoms with Crippen LogP contribution in [0.1, 0.15) is 22.6 Å². The molecule has 1 unspecified atom stereocenters. The Balaban J connectivity index is 1.92. The molecule has 0 radical (unpaired) electrons. The number of hydrogen-bond acceptors (Lipinski definition) is 3. The molecular formula is C13H14N2O2. The smallest absolute Gasteiger partial charge is 0.166 e. The first kappa shape index (κ1) is 10.5. The molecule has 88 valence electrons. The summed E-state index contributed by atoms with van der Waals surface area (Å²) in [6.07, 6.45) is 4.85. The highest BCUT2D eigenvalue weighted by molar-refractivity contribution is 5.73. The molecule has 1 aliphatic rings. The molecule has 2 aromatic rings. The third kappa shape index (κ3) is 1.96. The molecule has 0 N–H and O–H groups in total. The van der Waals surface area contributed by atoms with Crippen LogP contribution in [0.4, 0.5) is 0 Å². The van der Waals surface area contributed by atoms with Gasteiger partial charge in [0, 0.05) is 19.4 Å². The summed E-state index contributed by atoms with van der Waals surface area (Å²) in [6.45, 7) is 1.69. The minimum Gasteiger partial charge on any atom is -0.381 e. The number of aldehydes is 1. The van der Waals surface area contributed by atoms with E-state index in [4.69, 9.17) is 4.74 Å². The lowest BCUT2D eigenvalue weighted by atomic mass is 10.0. The van der Waals surface area contributed by atoms with Crippen LogP contribution in [-0.4, -0.2) is 28.9 Å². The maximum Gasteiger partial charge on any atom is 0.166 e. The van der Waals surface area contributed by atoms with E-state index >= 15 is 0 Å². The molecule has 1 saturated heterocycles. The van der Waals surface area contributed by atoms with Gasteiger partial charge in [0.2, 0.25) is 0 Å². The number of nitrogens with zero attached hydrogens (tertiary/aromatic N) is 2. The first-order chi connectivity index (χ1) is 8.36. The molecule has 3 rings (SSSR count). The van der Waals surface area contributed by atoms with Crippen molar-refractivity contribution in [1.82, 2.24) is 9.38 Å². The molecule has 0 amide bonds. The molecule has 3 heterocycles. The molecule has 1 aliphatic heterocycles. The lowest BCUT2D eigenvalue weighted by Crippen LogP contribution is -2.03. The predicted molar refractivity (Wildman–Crippen MR) is 63.2 cm³/mol. The van der Waals surface area contributed by atoms with Crippen LogP contribution >= 0.6 is 0 Å². The van der Waals surface area contributed by atoms with Crippen molar-refractivity contribution < 1.29 is 9.53 Å². The van der Waals surface area contributed by atoms with Crippen molar-refractivity contribution in [2.45, 2.75) is 12.8 Å². The fourth-order valence-electron chi connectivity index (χ4n) is 2.32. The van der Waals surface area contributed by atoms with E-state index in [2.05, 4.69) is 4.98 Å². The van der Waals surface area contributed by atoms with Crippen LogP contribution in [0, 0.1) is 5.92 Å². The van der Waals surface area contributed by atoms with Gasteiger partial charge in [-0.15, -0.1) is 0 Å². The van der Waals surface area contributed by atoms with Gasteiger partial charge in [0.25, 0.3) is 0 Å². The Hall–Kier alpha value is -1.68. The molecule has 1 atom stereocenters. The topological polar surface area (TPSA) is 43.6 Å². The summed E-state index contributed by atoms with van der Waals surface area (Å²) in [6, 6.07) is 5.57. The lowest BCUT2D eigenvalue weighted by Gasteiger charge is -2.02. The Labute approximate surface area is 99.2 Å². The SMILES string of the molecule is O=Cc1cccc2nc(CC3CCOC3)cn12. The summed E-state index contributed by atoms with van der Waals surface area (Å²) < 4.78 is 7.20. The molecule has 0 saturated carbocycles. The maximum atomic E-state index is 10.9. The average molecular weight is 230 g/mol. The normalized spacial score (nSPS) is 19.9. The van der Waals surface area contributed by atoms with Gasteiger partial charge in [-0.2, -0.15) is 0 Å². The van der Waals surface area contributed by atoms with E-state index in [1.165, 1.54) is 0 Å². The van der Waals surface area contributed by atoms with Gasteiger partial charge in [-0.3, -0.25) is 9.20 Å². The van der Waals surface area contributed by atoms with Crippen LogP contribution in [0.15, 0.2) is 24.4 Å². The first-order valence-corrected chi connectivity index (χ1v) is 5.87. The summed E-state index contributed by atoms with van der Waals surface area (Å²) in [7, 11) is 0. The second-order valence-electron chi connectivity index (χ2n) is 4.46. The van der Waals surface area contributed by atoms with Crippen molar-refractivity contribution >= 4 is 11.9 Å². The van der Waals surface area contributed by atoms with Crippen molar-refractivity contribution in [2.75, 3.05) is 13.2 Å². The summed E-state index contributed by atoms with van der Waals surface area (Å²) >= 11 is 0. The van der Waals surface area contributed by atoms with Gasteiger partial charge in [0.15, 0.2) is 6.29 Å². The third-order valence-corrected chi connectivity index (χ3v) is 3.22. The summed E-state index contributed by atoms with van der Waals surface area (Å²) in [5, 5.41) is 0. The van der Waals surface area contributed by atoms with E-state index in [0.29, 0.717) is 11.6 Å². The molecule has 17 heavy (non-hydrogen) atoms. The van der Waals surface area contributed by atoms with E-state index in [0.717, 1.165) is 43.7 Å². The monoisotopic (exact) mass is 230 g/mol. The second kappa shape index (κ2) is 4.30. The van der Waals surface area contributed by atoms with Crippen LogP contribution in [0.3, 0.4) is 0 Å². The highest BCUT2D eigenvalue weighted by Gasteiger charge is 2.17. The molecule has 4 nitrogen and oxygen atoms in total. The van der Waals surface area contributed by atoms with Gasteiger partial charge in [-0.05, 0) is 30.9 Å². The minimum absolute atomic E-state index is 0.569. The van der Waals surface area contributed by atoms with Crippen LogP contribution in [-0.2, 0) is 11.2 Å². The standard InChI is InChI=1S/C13H14N2O2/c16-8-12-2-1-3-13-14-11(7-15(12)13)6-10-4-5-17-9-10/h1-3,7-8,10H,4-6,9H2. The number of carbonyl (C=O) groups is 1. The number of carbonyl (C=O) groups excluding carboxylic acids is 1. The molecule has 4 heteroatoms. The molecule has 0 bridgehead atoms. The van der Waals surface area contributed by atoms with E-state index < -0.39 is 0 Å². The number of aromatic nitrogens is 2. The highest BCUT2D eigenvalue weighted by Crippen LogP contribution is 2.18. The van der Waals surface area contributed by atoms with Crippen molar-refractivity contribution in [3.8, 4) is 0 Å². The Bertz CT molecular complexity index is 541. The van der Waals surface area contributed by atoms with Crippen molar-refractivity contribution in [1.29, 1.82) is 0 Å². The van der Waals surface area contributed by atoms with Crippen molar-refractivity contribution in [2.24, 2.45) is 5.92 Å². The zero-order valence-electron chi connectivity index (χ0n) is 9.50. The van der Waals surface area contributed by atoms with Gasteiger partial charge in [-0.25, -0.2) is 4.98 Å². The fourth-order valence-corrected chi connectivity index (χ4v) is 2.32. The van der Waals surface area contributed by atoms with Crippen molar-refractivity contribution in [3.63, 3.8) is 0 Å². The Morgan fingerprint density at radius 3 is 3.24 bits per heavy atom. The van der Waals surface area contributed by atoms with Gasteiger partial charge in [-0.1, -0.05) is 6.07 Å². The van der Waals surface area contributed by atoms with E-state index in [1.807, 2.05) is 22.7 Å². The first-order valence-electron chi connectivity index (χ1n) is 5.87. The fraction of sp³-hybridized carbons (Fsp3) is 0.385. The number of fused-ring (bicyclic) bond motifs is 1. The van der Waals surface area contributed by atoms with E-state index in [9.17, 15) is 4.79 Å². The largest absolute Gasteiger partial charge is 0.381 e. The number of ether oxygens (including phenoxy) is 1. The zero-order valence-corrected chi connectivity index (χ0v) is 9.50. The quantitative estimate of drug-likeness (QED) is 0.754.